The van der Waals surface area contributed by atoms with Gasteiger partial charge in [0.1, 0.15) is 11.5 Å². The minimum absolute atomic E-state index is 0.160. The van der Waals surface area contributed by atoms with Crippen molar-refractivity contribution in [2.24, 2.45) is 0 Å². The van der Waals surface area contributed by atoms with Gasteiger partial charge >= 0.3 is 0 Å². The van der Waals surface area contributed by atoms with E-state index in [2.05, 4.69) is 19.2 Å². The topological polar surface area (TPSA) is 42.2 Å². The maximum absolute atomic E-state index is 11.9. The number of nitrogens with one attached hydrogen (secondary N) is 1. The van der Waals surface area contributed by atoms with E-state index < -0.39 is 0 Å². The number of benzene rings is 1. The van der Waals surface area contributed by atoms with Crippen molar-refractivity contribution in [2.75, 3.05) is 5.32 Å². The highest BCUT2D eigenvalue weighted by Gasteiger charge is 2.07. The largest absolute Gasteiger partial charge is 0.462 e. The van der Waals surface area contributed by atoms with Crippen molar-refractivity contribution in [3.8, 4) is 0 Å². The number of rotatable bonds is 4. The van der Waals surface area contributed by atoms with Crippen molar-refractivity contribution >= 4 is 17.7 Å². The number of hydrogen-bond acceptors (Lipinski definition) is 2. The standard InChI is InChI=1S/C17H19NO2/c1-12(2)15-6-4-5-7-16(15)18-17(19)11-10-14-9-8-13(3)20-14/h4-12H,1-3H3,(H,18,19). The first kappa shape index (κ1) is 14.1. The van der Waals surface area contributed by atoms with Crippen LogP contribution in [0.3, 0.4) is 0 Å². The number of hydrogen-bond donors (Lipinski definition) is 1. The van der Waals surface area contributed by atoms with E-state index in [-0.39, 0.29) is 5.91 Å². The molecule has 1 N–H and O–H groups in total. The van der Waals surface area contributed by atoms with Crippen LogP contribution in [0.2, 0.25) is 0 Å². The summed E-state index contributed by atoms with van der Waals surface area (Å²) in [6.07, 6.45) is 3.15. The molecule has 0 radical (unpaired) electrons. The fourth-order valence-electron chi connectivity index (χ4n) is 1.99. The Kier molecular flexibility index (Phi) is 4.41. The molecule has 3 nitrogen and oxygen atoms in total. The van der Waals surface area contributed by atoms with Gasteiger partial charge in [-0.15, -0.1) is 0 Å². The van der Waals surface area contributed by atoms with Crippen LogP contribution >= 0.6 is 0 Å². The zero-order valence-corrected chi connectivity index (χ0v) is 12.0. The molecule has 0 bridgehead atoms. The van der Waals surface area contributed by atoms with Crippen molar-refractivity contribution in [3.63, 3.8) is 0 Å². The van der Waals surface area contributed by atoms with E-state index in [1.165, 1.54) is 6.08 Å². The number of amides is 1. The molecule has 0 aliphatic rings. The third kappa shape index (κ3) is 3.60. The molecule has 0 fully saturated rings. The van der Waals surface area contributed by atoms with Gasteiger partial charge in [0.25, 0.3) is 0 Å². The third-order valence-corrected chi connectivity index (χ3v) is 3.00. The highest BCUT2D eigenvalue weighted by molar-refractivity contribution is 6.02. The SMILES string of the molecule is Cc1ccc(C=CC(=O)Nc2ccccc2C(C)C)o1. The lowest BCUT2D eigenvalue weighted by Crippen LogP contribution is -2.10. The van der Waals surface area contributed by atoms with Crippen LogP contribution in [0, 0.1) is 6.92 Å². The molecule has 0 spiro atoms. The molecular formula is C17H19NO2. The van der Waals surface area contributed by atoms with Crippen LogP contribution in [-0.2, 0) is 4.79 Å². The van der Waals surface area contributed by atoms with E-state index in [0.717, 1.165) is 17.0 Å². The predicted molar refractivity (Wildman–Crippen MR) is 81.6 cm³/mol. The maximum atomic E-state index is 11.9. The van der Waals surface area contributed by atoms with Gasteiger partial charge in [-0.3, -0.25) is 4.79 Å². The number of carbonyl (C=O) groups excluding carboxylic acids is 1. The first-order chi connectivity index (χ1) is 9.56. The Bertz CT molecular complexity index is 623. The molecule has 1 heterocycles. The normalized spacial score (nSPS) is 11.2. The molecule has 3 heteroatoms. The minimum atomic E-state index is -0.160. The monoisotopic (exact) mass is 269 g/mol. The summed E-state index contributed by atoms with van der Waals surface area (Å²) in [6, 6.07) is 11.5. The molecule has 104 valence electrons. The van der Waals surface area contributed by atoms with E-state index in [1.54, 1.807) is 6.08 Å². The van der Waals surface area contributed by atoms with Crippen molar-refractivity contribution in [2.45, 2.75) is 26.7 Å². The Labute approximate surface area is 119 Å². The van der Waals surface area contributed by atoms with Crippen molar-refractivity contribution < 1.29 is 9.21 Å². The Morgan fingerprint density at radius 3 is 2.60 bits per heavy atom. The van der Waals surface area contributed by atoms with Crippen molar-refractivity contribution in [3.05, 3.63) is 59.6 Å². The van der Waals surface area contributed by atoms with Crippen LogP contribution in [0.1, 0.15) is 36.8 Å². The molecule has 20 heavy (non-hydrogen) atoms. The molecule has 0 unspecified atom stereocenters. The molecule has 0 atom stereocenters. The number of carbonyl (C=O) groups is 1. The van der Waals surface area contributed by atoms with E-state index in [9.17, 15) is 4.79 Å². The number of furan rings is 1. The predicted octanol–water partition coefficient (Wildman–Crippen LogP) is 4.36. The van der Waals surface area contributed by atoms with Gasteiger partial charge in [-0.1, -0.05) is 32.0 Å². The van der Waals surface area contributed by atoms with Crippen LogP contribution in [0.5, 0.6) is 0 Å². The summed E-state index contributed by atoms with van der Waals surface area (Å²) in [4.78, 5) is 11.9. The highest BCUT2D eigenvalue weighted by atomic mass is 16.3. The van der Waals surface area contributed by atoms with Gasteiger partial charge < -0.3 is 9.73 Å². The van der Waals surface area contributed by atoms with Crippen LogP contribution < -0.4 is 5.32 Å². The Morgan fingerprint density at radius 2 is 1.95 bits per heavy atom. The zero-order valence-electron chi connectivity index (χ0n) is 12.0. The van der Waals surface area contributed by atoms with Crippen molar-refractivity contribution in [1.82, 2.24) is 0 Å². The second-order valence-corrected chi connectivity index (χ2v) is 5.01. The number of anilines is 1. The van der Waals surface area contributed by atoms with E-state index in [1.807, 2.05) is 43.3 Å². The van der Waals surface area contributed by atoms with Crippen LogP contribution in [0.15, 0.2) is 46.9 Å². The molecule has 1 amide bonds. The average Bonchev–Trinajstić information content (AvgIpc) is 2.83. The van der Waals surface area contributed by atoms with Gasteiger partial charge in [0.2, 0.25) is 5.91 Å². The fourth-order valence-corrected chi connectivity index (χ4v) is 1.99. The number of aryl methyl sites for hydroxylation is 1. The van der Waals surface area contributed by atoms with Gasteiger partial charge in [-0.25, -0.2) is 0 Å². The van der Waals surface area contributed by atoms with E-state index in [4.69, 9.17) is 4.42 Å². The molecule has 2 rings (SSSR count). The van der Waals surface area contributed by atoms with Crippen LogP contribution in [0.4, 0.5) is 5.69 Å². The quantitative estimate of drug-likeness (QED) is 0.838. The van der Waals surface area contributed by atoms with Gasteiger partial charge in [0, 0.05) is 11.8 Å². The lowest BCUT2D eigenvalue weighted by atomic mass is 10.0. The summed E-state index contributed by atoms with van der Waals surface area (Å²) in [7, 11) is 0. The van der Waals surface area contributed by atoms with E-state index >= 15 is 0 Å². The van der Waals surface area contributed by atoms with Crippen LogP contribution in [0.25, 0.3) is 6.08 Å². The third-order valence-electron chi connectivity index (χ3n) is 3.00. The van der Waals surface area contributed by atoms with Crippen LogP contribution in [-0.4, -0.2) is 5.91 Å². The van der Waals surface area contributed by atoms with E-state index in [0.29, 0.717) is 11.7 Å². The molecule has 0 aliphatic heterocycles. The molecule has 1 aromatic carbocycles. The molecule has 0 aliphatic carbocycles. The molecule has 2 aromatic rings. The second kappa shape index (κ2) is 6.24. The highest BCUT2D eigenvalue weighted by Crippen LogP contribution is 2.23. The molecule has 1 aromatic heterocycles. The summed E-state index contributed by atoms with van der Waals surface area (Å²) >= 11 is 0. The fraction of sp³-hybridized carbons (Fsp3) is 0.235. The van der Waals surface area contributed by atoms with Gasteiger partial charge in [0.05, 0.1) is 0 Å². The second-order valence-electron chi connectivity index (χ2n) is 5.01. The summed E-state index contributed by atoms with van der Waals surface area (Å²) < 4.78 is 5.38. The Morgan fingerprint density at radius 1 is 1.20 bits per heavy atom. The Hall–Kier alpha value is -2.29. The first-order valence-corrected chi connectivity index (χ1v) is 6.70. The molecular weight excluding hydrogens is 250 g/mol. The summed E-state index contributed by atoms with van der Waals surface area (Å²) in [5.74, 6) is 1.71. The van der Waals surface area contributed by atoms with Gasteiger partial charge in [-0.05, 0) is 42.7 Å². The first-order valence-electron chi connectivity index (χ1n) is 6.70. The van der Waals surface area contributed by atoms with Crippen molar-refractivity contribution in [1.29, 1.82) is 0 Å². The molecule has 0 saturated heterocycles. The summed E-state index contributed by atoms with van der Waals surface area (Å²) in [6.45, 7) is 6.08. The van der Waals surface area contributed by atoms with Gasteiger partial charge in [-0.2, -0.15) is 0 Å². The summed E-state index contributed by atoms with van der Waals surface area (Å²) in [5, 5.41) is 2.90. The lowest BCUT2D eigenvalue weighted by molar-refractivity contribution is -0.111. The minimum Gasteiger partial charge on any atom is -0.462 e. The van der Waals surface area contributed by atoms with Gasteiger partial charge in [0.15, 0.2) is 0 Å². The molecule has 0 saturated carbocycles. The zero-order chi connectivity index (χ0) is 14.5. The Balaban J connectivity index is 2.07. The lowest BCUT2D eigenvalue weighted by Gasteiger charge is -2.12. The summed E-state index contributed by atoms with van der Waals surface area (Å²) in [5.41, 5.74) is 1.98. The number of para-hydroxylation sites is 1. The smallest absolute Gasteiger partial charge is 0.248 e. The maximum Gasteiger partial charge on any atom is 0.248 e. The average molecular weight is 269 g/mol.